The standard InChI is InChI=1S/C16H27N3O4/c1-5-12-11(10-22-18-12)8-17-13-6-7-19(9-14(13)20)15(21)23-16(2,3)4/h10,13-14,17,20H,5-9H2,1-4H3. The summed E-state index contributed by atoms with van der Waals surface area (Å²) in [6.07, 6.45) is 2.12. The van der Waals surface area contributed by atoms with Crippen LogP contribution < -0.4 is 5.32 Å². The molecule has 1 fully saturated rings. The van der Waals surface area contributed by atoms with Gasteiger partial charge in [0.1, 0.15) is 11.9 Å². The van der Waals surface area contributed by atoms with Crippen LogP contribution >= 0.6 is 0 Å². The van der Waals surface area contributed by atoms with Gasteiger partial charge in [0.15, 0.2) is 0 Å². The molecule has 2 unspecified atom stereocenters. The zero-order valence-corrected chi connectivity index (χ0v) is 14.3. The van der Waals surface area contributed by atoms with Gasteiger partial charge in [-0.2, -0.15) is 0 Å². The van der Waals surface area contributed by atoms with Gasteiger partial charge in [-0.05, 0) is 33.6 Å². The van der Waals surface area contributed by atoms with Crippen molar-refractivity contribution < 1.29 is 19.2 Å². The molecule has 1 saturated heterocycles. The summed E-state index contributed by atoms with van der Waals surface area (Å²) in [5.74, 6) is 0. The molecular weight excluding hydrogens is 298 g/mol. The van der Waals surface area contributed by atoms with Gasteiger partial charge < -0.3 is 24.6 Å². The summed E-state index contributed by atoms with van der Waals surface area (Å²) in [7, 11) is 0. The lowest BCUT2D eigenvalue weighted by atomic mass is 10.0. The second-order valence-electron chi connectivity index (χ2n) is 6.91. The third-order valence-electron chi connectivity index (χ3n) is 3.85. The molecule has 0 saturated carbocycles. The molecule has 1 amide bonds. The fourth-order valence-corrected chi connectivity index (χ4v) is 2.62. The molecule has 0 aromatic carbocycles. The van der Waals surface area contributed by atoms with Crippen molar-refractivity contribution in [3.05, 3.63) is 17.5 Å². The van der Waals surface area contributed by atoms with Crippen molar-refractivity contribution in [1.82, 2.24) is 15.4 Å². The number of aromatic nitrogens is 1. The molecule has 7 nitrogen and oxygen atoms in total. The molecule has 2 rings (SSSR count). The number of aliphatic hydroxyl groups excluding tert-OH is 1. The predicted molar refractivity (Wildman–Crippen MR) is 84.9 cm³/mol. The summed E-state index contributed by atoms with van der Waals surface area (Å²) in [6.45, 7) is 8.96. The molecule has 2 heterocycles. The van der Waals surface area contributed by atoms with Crippen molar-refractivity contribution in [1.29, 1.82) is 0 Å². The number of carbonyl (C=O) groups excluding carboxylic acids is 1. The van der Waals surface area contributed by atoms with Crippen LogP contribution in [0.25, 0.3) is 0 Å². The summed E-state index contributed by atoms with van der Waals surface area (Å²) < 4.78 is 10.3. The number of β-amino-alcohol motifs (C(OH)–C–C–N with tert-alkyl or cyclic N) is 1. The maximum atomic E-state index is 12.0. The Labute approximate surface area is 137 Å². The van der Waals surface area contributed by atoms with Gasteiger partial charge in [-0.3, -0.25) is 0 Å². The molecule has 7 heteroatoms. The van der Waals surface area contributed by atoms with Crippen molar-refractivity contribution in [3.8, 4) is 0 Å². The highest BCUT2D eigenvalue weighted by atomic mass is 16.6. The van der Waals surface area contributed by atoms with Crippen molar-refractivity contribution in [2.75, 3.05) is 13.1 Å². The molecule has 0 spiro atoms. The Bertz CT molecular complexity index is 524. The number of carbonyl (C=O) groups is 1. The summed E-state index contributed by atoms with van der Waals surface area (Å²) in [5.41, 5.74) is 1.41. The maximum absolute atomic E-state index is 12.0. The van der Waals surface area contributed by atoms with Crippen LogP contribution in [0.5, 0.6) is 0 Å². The van der Waals surface area contributed by atoms with Crippen LogP contribution in [0.1, 0.15) is 45.4 Å². The lowest BCUT2D eigenvalue weighted by molar-refractivity contribution is -0.00490. The number of amides is 1. The summed E-state index contributed by atoms with van der Waals surface area (Å²) in [6, 6.07) is -0.0618. The Morgan fingerprint density at radius 1 is 1.57 bits per heavy atom. The first kappa shape index (κ1) is 17.7. The SMILES string of the molecule is CCc1nocc1CNC1CCN(C(=O)OC(C)(C)C)CC1O. The second kappa shape index (κ2) is 7.31. The summed E-state index contributed by atoms with van der Waals surface area (Å²) in [4.78, 5) is 13.6. The Morgan fingerprint density at radius 2 is 2.30 bits per heavy atom. The summed E-state index contributed by atoms with van der Waals surface area (Å²) >= 11 is 0. The molecule has 0 aliphatic carbocycles. The number of hydrogen-bond acceptors (Lipinski definition) is 6. The van der Waals surface area contributed by atoms with Crippen molar-refractivity contribution in [2.45, 2.75) is 64.8 Å². The number of likely N-dealkylation sites (tertiary alicyclic amines) is 1. The number of hydrogen-bond donors (Lipinski definition) is 2. The van der Waals surface area contributed by atoms with Crippen molar-refractivity contribution >= 4 is 6.09 Å². The molecule has 2 atom stereocenters. The average Bonchev–Trinajstić information content (AvgIpc) is 2.91. The average molecular weight is 325 g/mol. The van der Waals surface area contributed by atoms with E-state index >= 15 is 0 Å². The number of piperidine rings is 1. The van der Waals surface area contributed by atoms with E-state index in [0.717, 1.165) is 17.7 Å². The van der Waals surface area contributed by atoms with E-state index in [4.69, 9.17) is 9.26 Å². The molecule has 0 bridgehead atoms. The van der Waals surface area contributed by atoms with Gasteiger partial charge in [0, 0.05) is 24.7 Å². The van der Waals surface area contributed by atoms with E-state index in [0.29, 0.717) is 19.5 Å². The first-order valence-corrected chi connectivity index (χ1v) is 8.11. The highest BCUT2D eigenvalue weighted by molar-refractivity contribution is 5.68. The van der Waals surface area contributed by atoms with Gasteiger partial charge in [-0.15, -0.1) is 0 Å². The minimum atomic E-state index is -0.624. The minimum absolute atomic E-state index is 0.0618. The van der Waals surface area contributed by atoms with Crippen LogP contribution in [0.3, 0.4) is 0 Å². The van der Waals surface area contributed by atoms with Gasteiger partial charge in [0.05, 0.1) is 18.3 Å². The van der Waals surface area contributed by atoms with Gasteiger partial charge >= 0.3 is 6.09 Å². The van der Waals surface area contributed by atoms with E-state index < -0.39 is 11.7 Å². The lowest BCUT2D eigenvalue weighted by Crippen LogP contribution is -2.54. The van der Waals surface area contributed by atoms with E-state index in [2.05, 4.69) is 10.5 Å². The molecule has 2 N–H and O–H groups in total. The normalized spacial score (nSPS) is 22.2. The highest BCUT2D eigenvalue weighted by Crippen LogP contribution is 2.17. The smallest absolute Gasteiger partial charge is 0.410 e. The molecule has 23 heavy (non-hydrogen) atoms. The Balaban J connectivity index is 1.83. The van der Waals surface area contributed by atoms with E-state index in [9.17, 15) is 9.90 Å². The predicted octanol–water partition coefficient (Wildman–Crippen LogP) is 1.70. The molecular formula is C16H27N3O4. The Kier molecular flexibility index (Phi) is 5.64. The molecule has 1 aromatic heterocycles. The number of aliphatic hydroxyl groups is 1. The van der Waals surface area contributed by atoms with Crippen LogP contribution in [0.4, 0.5) is 4.79 Å². The lowest BCUT2D eigenvalue weighted by Gasteiger charge is -2.37. The molecule has 1 aliphatic heterocycles. The topological polar surface area (TPSA) is 87.8 Å². The number of nitrogens with one attached hydrogen (secondary N) is 1. The Hall–Kier alpha value is -1.60. The zero-order valence-electron chi connectivity index (χ0n) is 14.3. The largest absolute Gasteiger partial charge is 0.444 e. The monoisotopic (exact) mass is 325 g/mol. The van der Waals surface area contributed by atoms with Gasteiger partial charge in [-0.1, -0.05) is 12.1 Å². The number of rotatable bonds is 4. The van der Waals surface area contributed by atoms with E-state index in [-0.39, 0.29) is 18.7 Å². The minimum Gasteiger partial charge on any atom is -0.444 e. The van der Waals surface area contributed by atoms with Crippen molar-refractivity contribution in [3.63, 3.8) is 0 Å². The van der Waals surface area contributed by atoms with Crippen LogP contribution in [0, 0.1) is 0 Å². The number of aryl methyl sites for hydroxylation is 1. The molecule has 130 valence electrons. The van der Waals surface area contributed by atoms with E-state index in [1.807, 2.05) is 27.7 Å². The van der Waals surface area contributed by atoms with Crippen LogP contribution in [0.2, 0.25) is 0 Å². The third kappa shape index (κ3) is 4.94. The summed E-state index contributed by atoms with van der Waals surface area (Å²) in [5, 5.41) is 17.6. The van der Waals surface area contributed by atoms with Crippen molar-refractivity contribution in [2.24, 2.45) is 0 Å². The maximum Gasteiger partial charge on any atom is 0.410 e. The van der Waals surface area contributed by atoms with Gasteiger partial charge in [0.25, 0.3) is 0 Å². The number of ether oxygens (including phenoxy) is 1. The van der Waals surface area contributed by atoms with Gasteiger partial charge in [-0.25, -0.2) is 4.79 Å². The highest BCUT2D eigenvalue weighted by Gasteiger charge is 2.32. The van der Waals surface area contributed by atoms with Crippen LogP contribution in [-0.2, 0) is 17.7 Å². The molecule has 1 aromatic rings. The second-order valence-corrected chi connectivity index (χ2v) is 6.91. The first-order valence-electron chi connectivity index (χ1n) is 8.11. The van der Waals surface area contributed by atoms with Crippen LogP contribution in [-0.4, -0.2) is 52.1 Å². The first-order chi connectivity index (χ1) is 10.8. The fourth-order valence-electron chi connectivity index (χ4n) is 2.62. The number of nitrogens with zero attached hydrogens (tertiary/aromatic N) is 2. The zero-order chi connectivity index (χ0) is 17.0. The fraction of sp³-hybridized carbons (Fsp3) is 0.750. The van der Waals surface area contributed by atoms with E-state index in [1.54, 1.807) is 11.2 Å². The van der Waals surface area contributed by atoms with Gasteiger partial charge in [0.2, 0.25) is 0 Å². The Morgan fingerprint density at radius 3 is 2.91 bits per heavy atom. The third-order valence-corrected chi connectivity index (χ3v) is 3.85. The molecule has 0 radical (unpaired) electrons. The quantitative estimate of drug-likeness (QED) is 0.876. The van der Waals surface area contributed by atoms with E-state index in [1.165, 1.54) is 0 Å². The molecule has 1 aliphatic rings. The van der Waals surface area contributed by atoms with Crippen LogP contribution in [0.15, 0.2) is 10.8 Å².